The van der Waals surface area contributed by atoms with E-state index in [2.05, 4.69) is 26.5 Å². The molecule has 0 aromatic heterocycles. The Hall–Kier alpha value is 0.440. The Morgan fingerprint density at radius 1 is 1.46 bits per heavy atom. The molecule has 80 valence electrons. The Morgan fingerprint density at radius 3 is 2.54 bits per heavy atom. The highest BCUT2D eigenvalue weighted by Gasteiger charge is 2.36. The van der Waals surface area contributed by atoms with Gasteiger partial charge in [0.2, 0.25) is 0 Å². The van der Waals surface area contributed by atoms with E-state index in [1.54, 1.807) is 0 Å². The maximum atomic E-state index is 4.31. The predicted octanol–water partition coefficient (Wildman–Crippen LogP) is -0.773. The van der Waals surface area contributed by atoms with Crippen molar-refractivity contribution in [3.8, 4) is 0 Å². The highest BCUT2D eigenvalue weighted by atomic mass is 79.9. The molecule has 0 bridgehead atoms. The maximum Gasteiger partial charge on any atom is 0.0943 e. The van der Waals surface area contributed by atoms with Crippen LogP contribution in [0, 0.1) is 11.8 Å². The molecule has 13 heavy (non-hydrogen) atoms. The summed E-state index contributed by atoms with van der Waals surface area (Å²) in [5, 5.41) is 0. The quantitative estimate of drug-likeness (QED) is 0.666. The van der Waals surface area contributed by atoms with Crippen molar-refractivity contribution < 1.29 is 22.7 Å². The first-order valence-corrected chi connectivity index (χ1v) is 5.41. The Balaban J connectivity index is 0.00000144. The van der Waals surface area contributed by atoms with Gasteiger partial charge in [0.1, 0.15) is 0 Å². The van der Waals surface area contributed by atoms with E-state index in [1.807, 2.05) is 0 Å². The third-order valence-electron chi connectivity index (χ3n) is 3.70. The van der Waals surface area contributed by atoms with E-state index in [0.29, 0.717) is 5.54 Å². The van der Waals surface area contributed by atoms with Crippen molar-refractivity contribution >= 4 is 0 Å². The Morgan fingerprint density at radius 2 is 2.08 bits per heavy atom. The zero-order valence-corrected chi connectivity index (χ0v) is 10.9. The molecule has 1 saturated carbocycles. The highest BCUT2D eigenvalue weighted by molar-refractivity contribution is 4.85. The molecule has 1 nitrogen and oxygen atoms in total. The third-order valence-corrected chi connectivity index (χ3v) is 3.70. The minimum absolute atomic E-state index is 0. The molecule has 0 spiro atoms. The van der Waals surface area contributed by atoms with Crippen LogP contribution >= 0.6 is 0 Å². The van der Waals surface area contributed by atoms with Gasteiger partial charge in [-0.25, -0.2) is 0 Å². The number of quaternary nitrogens is 1. The fourth-order valence-electron chi connectivity index (χ4n) is 2.35. The van der Waals surface area contributed by atoms with E-state index in [0.717, 1.165) is 11.8 Å². The second kappa shape index (κ2) is 5.35. The maximum absolute atomic E-state index is 4.31. The van der Waals surface area contributed by atoms with E-state index in [1.165, 1.54) is 32.1 Å². The number of rotatable bonds is 2. The van der Waals surface area contributed by atoms with Crippen molar-refractivity contribution in [2.24, 2.45) is 11.8 Å². The van der Waals surface area contributed by atoms with E-state index < -0.39 is 0 Å². The molecule has 0 aliphatic heterocycles. The molecule has 1 fully saturated rings. The fraction of sp³-hybridized carbons (Fsp3) is 1.00. The van der Waals surface area contributed by atoms with Crippen molar-refractivity contribution in [2.75, 3.05) is 0 Å². The summed E-state index contributed by atoms with van der Waals surface area (Å²) in [7, 11) is 0. The molecule has 3 N–H and O–H groups in total. The first kappa shape index (κ1) is 13.4. The lowest BCUT2D eigenvalue weighted by Crippen LogP contribution is -3.00. The van der Waals surface area contributed by atoms with Crippen LogP contribution in [0.2, 0.25) is 0 Å². The summed E-state index contributed by atoms with van der Waals surface area (Å²) in [6.45, 7) is 6.98. The van der Waals surface area contributed by atoms with Crippen molar-refractivity contribution in [3.05, 3.63) is 0 Å². The zero-order valence-electron chi connectivity index (χ0n) is 9.28. The second-order valence-electron chi connectivity index (χ2n) is 4.98. The van der Waals surface area contributed by atoms with E-state index >= 15 is 0 Å². The van der Waals surface area contributed by atoms with Crippen LogP contribution in [-0.4, -0.2) is 5.54 Å². The van der Waals surface area contributed by atoms with Crippen molar-refractivity contribution in [3.63, 3.8) is 0 Å². The Labute approximate surface area is 93.2 Å². The van der Waals surface area contributed by atoms with Crippen LogP contribution < -0.4 is 22.7 Å². The van der Waals surface area contributed by atoms with Crippen LogP contribution in [0.1, 0.15) is 52.9 Å². The Bertz CT molecular complexity index is 145. The molecule has 3 unspecified atom stereocenters. The summed E-state index contributed by atoms with van der Waals surface area (Å²) in [5.41, 5.74) is 4.67. The van der Waals surface area contributed by atoms with Gasteiger partial charge >= 0.3 is 0 Å². The van der Waals surface area contributed by atoms with Gasteiger partial charge in [0, 0.05) is 12.3 Å². The molecule has 1 aliphatic rings. The van der Waals surface area contributed by atoms with Crippen molar-refractivity contribution in [2.45, 2.75) is 58.4 Å². The van der Waals surface area contributed by atoms with Gasteiger partial charge < -0.3 is 22.7 Å². The third kappa shape index (κ3) is 3.59. The van der Waals surface area contributed by atoms with E-state index in [-0.39, 0.29) is 17.0 Å². The topological polar surface area (TPSA) is 27.6 Å². The second-order valence-corrected chi connectivity index (χ2v) is 4.98. The van der Waals surface area contributed by atoms with Gasteiger partial charge in [-0.2, -0.15) is 0 Å². The molecular weight excluding hydrogens is 226 g/mol. The summed E-state index contributed by atoms with van der Waals surface area (Å²) in [5.74, 6) is 1.82. The van der Waals surface area contributed by atoms with Crippen molar-refractivity contribution in [1.82, 2.24) is 0 Å². The summed E-state index contributed by atoms with van der Waals surface area (Å²) in [6, 6.07) is 0. The summed E-state index contributed by atoms with van der Waals surface area (Å²) in [6.07, 6.45) is 6.94. The van der Waals surface area contributed by atoms with Crippen LogP contribution in [0.15, 0.2) is 0 Å². The van der Waals surface area contributed by atoms with E-state index in [4.69, 9.17) is 0 Å². The molecule has 0 amide bonds. The van der Waals surface area contributed by atoms with Gasteiger partial charge in [-0.3, -0.25) is 0 Å². The van der Waals surface area contributed by atoms with Crippen LogP contribution in [0.3, 0.4) is 0 Å². The predicted molar refractivity (Wildman–Crippen MR) is 52.7 cm³/mol. The Kier molecular flexibility index (Phi) is 5.53. The summed E-state index contributed by atoms with van der Waals surface area (Å²) >= 11 is 0. The first-order chi connectivity index (χ1) is 5.56. The van der Waals surface area contributed by atoms with Crippen LogP contribution in [0.25, 0.3) is 0 Å². The van der Waals surface area contributed by atoms with Gasteiger partial charge in [0.25, 0.3) is 0 Å². The van der Waals surface area contributed by atoms with Gasteiger partial charge in [-0.15, -0.1) is 0 Å². The van der Waals surface area contributed by atoms with Crippen LogP contribution in [-0.2, 0) is 0 Å². The van der Waals surface area contributed by atoms with Gasteiger partial charge in [0.15, 0.2) is 0 Å². The van der Waals surface area contributed by atoms with Crippen LogP contribution in [0.5, 0.6) is 0 Å². The standard InChI is InChI=1S/C11H23N.BrH/c1-4-5-10-6-7-11(3,12)9(2)8-10;/h9-10H,4-8,12H2,1-3H3;1H. The minimum atomic E-state index is 0. The molecule has 0 aromatic carbocycles. The molecule has 3 atom stereocenters. The lowest BCUT2D eigenvalue weighted by molar-refractivity contribution is -0.492. The minimum Gasteiger partial charge on any atom is -1.00 e. The zero-order chi connectivity index (χ0) is 9.19. The normalized spacial score (nSPS) is 39.7. The largest absolute Gasteiger partial charge is 1.00 e. The first-order valence-electron chi connectivity index (χ1n) is 5.41. The average Bonchev–Trinajstić information content (AvgIpc) is 1.98. The fourth-order valence-corrected chi connectivity index (χ4v) is 2.35. The number of halogens is 1. The molecule has 1 rings (SSSR count). The summed E-state index contributed by atoms with van der Waals surface area (Å²) in [4.78, 5) is 0. The molecule has 2 heteroatoms. The molecule has 0 radical (unpaired) electrons. The smallest absolute Gasteiger partial charge is 0.0943 e. The molecular formula is C11H24BrN. The highest BCUT2D eigenvalue weighted by Crippen LogP contribution is 2.35. The molecule has 0 saturated heterocycles. The lowest BCUT2D eigenvalue weighted by atomic mass is 9.70. The van der Waals surface area contributed by atoms with E-state index in [9.17, 15) is 0 Å². The number of hydrogen-bond donors (Lipinski definition) is 1. The molecule has 0 heterocycles. The SMILES string of the molecule is CCCC1CCC(C)([NH3+])C(C)C1.[Br-]. The van der Waals surface area contributed by atoms with Gasteiger partial charge in [-0.05, 0) is 25.7 Å². The molecule has 0 aromatic rings. The van der Waals surface area contributed by atoms with Crippen molar-refractivity contribution in [1.29, 1.82) is 0 Å². The summed E-state index contributed by atoms with van der Waals surface area (Å²) < 4.78 is 0. The van der Waals surface area contributed by atoms with Gasteiger partial charge in [0.05, 0.1) is 5.54 Å². The molecule has 1 aliphatic carbocycles. The average molecular weight is 250 g/mol. The monoisotopic (exact) mass is 249 g/mol. The number of hydrogen-bond acceptors (Lipinski definition) is 0. The van der Waals surface area contributed by atoms with Crippen LogP contribution in [0.4, 0.5) is 0 Å². The van der Waals surface area contributed by atoms with Gasteiger partial charge in [-0.1, -0.05) is 26.7 Å². The lowest BCUT2D eigenvalue weighted by Gasteiger charge is -2.37.